The van der Waals surface area contributed by atoms with Crippen LogP contribution in [0.4, 0.5) is 10.1 Å². The first kappa shape index (κ1) is 18.5. The molecule has 0 aliphatic rings. The fourth-order valence-electron chi connectivity index (χ4n) is 2.00. The predicted octanol–water partition coefficient (Wildman–Crippen LogP) is 4.81. The van der Waals surface area contributed by atoms with E-state index in [9.17, 15) is 14.4 Å². The minimum atomic E-state index is -0.699. The lowest BCUT2D eigenvalue weighted by atomic mass is 10.1. The molecule has 0 unspecified atom stereocenters. The van der Waals surface area contributed by atoms with E-state index < -0.39 is 11.7 Å². The highest BCUT2D eigenvalue weighted by Gasteiger charge is 2.12. The van der Waals surface area contributed by atoms with Crippen molar-refractivity contribution in [3.63, 3.8) is 0 Å². The van der Waals surface area contributed by atoms with Crippen molar-refractivity contribution in [1.82, 2.24) is 0 Å². The Morgan fingerprint density at radius 3 is 2.76 bits per heavy atom. The number of carbonyl (C=O) groups is 1. The van der Waals surface area contributed by atoms with Gasteiger partial charge in [-0.15, -0.1) is 0 Å². The Morgan fingerprint density at radius 2 is 2.12 bits per heavy atom. The maximum atomic E-state index is 13.6. The number of nitrogens with one attached hydrogen (secondary N) is 1. The molecule has 0 spiro atoms. The highest BCUT2D eigenvalue weighted by molar-refractivity contribution is 6.32. The first-order valence-electron chi connectivity index (χ1n) is 7.65. The SMILES string of the molecule is CCCOc1ccc(/C=C(\C#N)C(=O)Nc2ccccc2F)cc1Cl. The van der Waals surface area contributed by atoms with Crippen molar-refractivity contribution in [3.8, 4) is 11.8 Å². The number of ether oxygens (including phenoxy) is 1. The van der Waals surface area contributed by atoms with E-state index >= 15 is 0 Å². The number of para-hydroxylation sites is 1. The van der Waals surface area contributed by atoms with Crippen LogP contribution in [0.25, 0.3) is 6.08 Å². The molecule has 2 aromatic carbocycles. The molecule has 2 rings (SSSR count). The molecule has 0 saturated heterocycles. The summed E-state index contributed by atoms with van der Waals surface area (Å²) in [5, 5.41) is 12.0. The maximum absolute atomic E-state index is 13.6. The van der Waals surface area contributed by atoms with Gasteiger partial charge in [0.15, 0.2) is 0 Å². The van der Waals surface area contributed by atoms with Gasteiger partial charge >= 0.3 is 0 Å². The Morgan fingerprint density at radius 1 is 1.36 bits per heavy atom. The molecule has 6 heteroatoms. The summed E-state index contributed by atoms with van der Waals surface area (Å²) in [6.45, 7) is 2.53. The first-order valence-corrected chi connectivity index (χ1v) is 8.03. The quantitative estimate of drug-likeness (QED) is 0.595. The third-order valence-electron chi connectivity index (χ3n) is 3.22. The standard InChI is InChI=1S/C19H16ClFN2O2/c1-2-9-25-18-8-7-13(11-15(18)20)10-14(12-22)19(24)23-17-6-4-3-5-16(17)21/h3-8,10-11H,2,9H2,1H3,(H,23,24)/b14-10+. The van der Waals surface area contributed by atoms with Crippen LogP contribution in [0.1, 0.15) is 18.9 Å². The van der Waals surface area contributed by atoms with Gasteiger partial charge in [0.05, 0.1) is 17.3 Å². The zero-order valence-electron chi connectivity index (χ0n) is 13.6. The lowest BCUT2D eigenvalue weighted by molar-refractivity contribution is -0.112. The fourth-order valence-corrected chi connectivity index (χ4v) is 2.25. The number of hydrogen-bond donors (Lipinski definition) is 1. The van der Waals surface area contributed by atoms with Crippen LogP contribution in [0.3, 0.4) is 0 Å². The van der Waals surface area contributed by atoms with Crippen LogP contribution in [0.15, 0.2) is 48.0 Å². The summed E-state index contributed by atoms with van der Waals surface area (Å²) in [4.78, 5) is 12.2. The molecule has 0 fully saturated rings. The van der Waals surface area contributed by atoms with E-state index in [2.05, 4.69) is 5.32 Å². The third-order valence-corrected chi connectivity index (χ3v) is 3.51. The number of halogens is 2. The van der Waals surface area contributed by atoms with Gasteiger partial charge in [-0.05, 0) is 42.3 Å². The van der Waals surface area contributed by atoms with Gasteiger partial charge in [0.2, 0.25) is 0 Å². The molecule has 0 aliphatic carbocycles. The fraction of sp³-hybridized carbons (Fsp3) is 0.158. The number of rotatable bonds is 6. The molecule has 1 amide bonds. The molecule has 0 heterocycles. The molecule has 0 bridgehead atoms. The molecular weight excluding hydrogens is 343 g/mol. The summed E-state index contributed by atoms with van der Waals surface area (Å²) in [7, 11) is 0. The summed E-state index contributed by atoms with van der Waals surface area (Å²) in [6.07, 6.45) is 2.23. The van der Waals surface area contributed by atoms with Gasteiger partial charge in [-0.2, -0.15) is 5.26 Å². The number of benzene rings is 2. The van der Waals surface area contributed by atoms with Crippen LogP contribution >= 0.6 is 11.6 Å². The number of nitriles is 1. The van der Waals surface area contributed by atoms with Crippen LogP contribution in [-0.4, -0.2) is 12.5 Å². The van der Waals surface area contributed by atoms with Gasteiger partial charge in [0, 0.05) is 0 Å². The summed E-state index contributed by atoms with van der Waals surface area (Å²) in [6, 6.07) is 12.5. The van der Waals surface area contributed by atoms with E-state index in [0.29, 0.717) is 22.9 Å². The topological polar surface area (TPSA) is 62.1 Å². The van der Waals surface area contributed by atoms with E-state index in [-0.39, 0.29) is 11.3 Å². The van der Waals surface area contributed by atoms with Crippen molar-refractivity contribution in [1.29, 1.82) is 5.26 Å². The van der Waals surface area contributed by atoms with Crippen molar-refractivity contribution < 1.29 is 13.9 Å². The summed E-state index contributed by atoms with van der Waals surface area (Å²) >= 11 is 6.13. The number of carbonyl (C=O) groups excluding carboxylic acids is 1. The Labute approximate surface area is 150 Å². The summed E-state index contributed by atoms with van der Waals surface area (Å²) < 4.78 is 19.1. The average Bonchev–Trinajstić information content (AvgIpc) is 2.60. The monoisotopic (exact) mass is 358 g/mol. The van der Waals surface area contributed by atoms with Crippen LogP contribution in [-0.2, 0) is 4.79 Å². The summed E-state index contributed by atoms with van der Waals surface area (Å²) in [5.74, 6) is -0.737. The van der Waals surface area contributed by atoms with Crippen LogP contribution in [0.2, 0.25) is 5.02 Å². The van der Waals surface area contributed by atoms with Crippen LogP contribution in [0.5, 0.6) is 5.75 Å². The highest BCUT2D eigenvalue weighted by Crippen LogP contribution is 2.26. The van der Waals surface area contributed by atoms with Gasteiger partial charge < -0.3 is 10.1 Å². The minimum absolute atomic E-state index is 0.00926. The van der Waals surface area contributed by atoms with E-state index in [1.165, 1.54) is 24.3 Å². The van der Waals surface area contributed by atoms with Gasteiger partial charge in [-0.1, -0.05) is 36.7 Å². The molecule has 0 aliphatic heterocycles. The highest BCUT2D eigenvalue weighted by atomic mass is 35.5. The zero-order valence-corrected chi connectivity index (χ0v) is 14.3. The molecule has 4 nitrogen and oxygen atoms in total. The van der Waals surface area contributed by atoms with E-state index in [4.69, 9.17) is 16.3 Å². The molecule has 25 heavy (non-hydrogen) atoms. The second kappa shape index (κ2) is 8.86. The molecule has 0 atom stereocenters. The third kappa shape index (κ3) is 5.07. The normalized spacial score (nSPS) is 10.9. The molecular formula is C19H16ClFN2O2. The van der Waals surface area contributed by atoms with Crippen molar-refractivity contribution in [3.05, 3.63) is 64.4 Å². The average molecular weight is 359 g/mol. The van der Waals surface area contributed by atoms with Gasteiger partial charge in [-0.25, -0.2) is 4.39 Å². The molecule has 0 radical (unpaired) electrons. The maximum Gasteiger partial charge on any atom is 0.266 e. The number of anilines is 1. The summed E-state index contributed by atoms with van der Waals surface area (Å²) in [5.41, 5.74) is 0.408. The van der Waals surface area contributed by atoms with E-state index in [1.807, 2.05) is 13.0 Å². The number of nitrogens with zero attached hydrogens (tertiary/aromatic N) is 1. The zero-order chi connectivity index (χ0) is 18.2. The van der Waals surface area contributed by atoms with Gasteiger partial charge in [-0.3, -0.25) is 4.79 Å². The van der Waals surface area contributed by atoms with Crippen molar-refractivity contribution in [2.75, 3.05) is 11.9 Å². The Hall–Kier alpha value is -2.84. The Bertz CT molecular complexity index is 844. The molecule has 128 valence electrons. The van der Waals surface area contributed by atoms with Crippen LogP contribution in [0, 0.1) is 17.1 Å². The minimum Gasteiger partial charge on any atom is -0.492 e. The molecule has 2 aromatic rings. The van der Waals surface area contributed by atoms with E-state index in [0.717, 1.165) is 6.42 Å². The number of amides is 1. The lowest BCUT2D eigenvalue weighted by Crippen LogP contribution is -2.14. The van der Waals surface area contributed by atoms with E-state index in [1.54, 1.807) is 24.3 Å². The predicted molar refractivity (Wildman–Crippen MR) is 95.9 cm³/mol. The lowest BCUT2D eigenvalue weighted by Gasteiger charge is -2.08. The second-order valence-corrected chi connectivity index (χ2v) is 5.55. The Kier molecular flexibility index (Phi) is 6.55. The van der Waals surface area contributed by atoms with Crippen molar-refractivity contribution in [2.24, 2.45) is 0 Å². The molecule has 0 aromatic heterocycles. The van der Waals surface area contributed by atoms with Crippen molar-refractivity contribution >= 4 is 29.3 Å². The first-order chi connectivity index (χ1) is 12.0. The number of hydrogen-bond acceptors (Lipinski definition) is 3. The smallest absolute Gasteiger partial charge is 0.266 e. The molecule has 0 saturated carbocycles. The van der Waals surface area contributed by atoms with Gasteiger partial charge in [0.25, 0.3) is 5.91 Å². The van der Waals surface area contributed by atoms with Gasteiger partial charge in [0.1, 0.15) is 23.2 Å². The molecule has 1 N–H and O–H groups in total. The van der Waals surface area contributed by atoms with Crippen molar-refractivity contribution in [2.45, 2.75) is 13.3 Å². The largest absolute Gasteiger partial charge is 0.492 e. The Balaban J connectivity index is 2.19. The van der Waals surface area contributed by atoms with Crippen LogP contribution < -0.4 is 10.1 Å². The second-order valence-electron chi connectivity index (χ2n) is 5.14.